The van der Waals surface area contributed by atoms with Gasteiger partial charge in [-0.25, -0.2) is 0 Å². The lowest BCUT2D eigenvalue weighted by atomic mass is 9.94. The van der Waals surface area contributed by atoms with Gasteiger partial charge in [-0.1, -0.05) is 13.8 Å². The van der Waals surface area contributed by atoms with Crippen LogP contribution in [0.5, 0.6) is 0 Å². The Bertz CT molecular complexity index is 315. The van der Waals surface area contributed by atoms with Crippen LogP contribution in [0.3, 0.4) is 0 Å². The van der Waals surface area contributed by atoms with Gasteiger partial charge in [0, 0.05) is 25.6 Å². The molecule has 1 saturated carbocycles. The standard InChI is InChI=1S/C16H31N3O/c1-12(2)7-14(9-17)8-16(20)18-10-13-5-6-19(11-13)15-3-4-15/h12-15H,3-11,17H2,1-2H3,(H,18,20)/t13?,14-/m0/s1. The van der Waals surface area contributed by atoms with E-state index in [1.165, 1.54) is 32.4 Å². The van der Waals surface area contributed by atoms with Crippen molar-refractivity contribution in [2.45, 2.75) is 52.0 Å². The van der Waals surface area contributed by atoms with Crippen LogP contribution in [0.15, 0.2) is 0 Å². The first kappa shape index (κ1) is 15.8. The number of nitrogens with zero attached hydrogens (tertiary/aromatic N) is 1. The molecule has 1 amide bonds. The molecule has 4 nitrogen and oxygen atoms in total. The van der Waals surface area contributed by atoms with E-state index in [0.29, 0.717) is 30.7 Å². The SMILES string of the molecule is CC(C)C[C@H](CN)CC(=O)NCC1CCN(C2CC2)C1. The Balaban J connectivity index is 1.62. The minimum Gasteiger partial charge on any atom is -0.356 e. The second-order valence-corrected chi connectivity index (χ2v) is 7.12. The number of amides is 1. The number of carbonyl (C=O) groups excluding carboxylic acids is 1. The molecule has 0 aromatic heterocycles. The molecule has 1 saturated heterocycles. The van der Waals surface area contributed by atoms with Gasteiger partial charge in [0.05, 0.1) is 0 Å². The van der Waals surface area contributed by atoms with Gasteiger partial charge < -0.3 is 16.0 Å². The van der Waals surface area contributed by atoms with Crippen molar-refractivity contribution in [2.24, 2.45) is 23.5 Å². The molecule has 0 aromatic carbocycles. The fraction of sp³-hybridized carbons (Fsp3) is 0.938. The van der Waals surface area contributed by atoms with Crippen LogP contribution in [0.1, 0.15) is 46.0 Å². The molecule has 2 rings (SSSR count). The van der Waals surface area contributed by atoms with Crippen LogP contribution in [-0.2, 0) is 4.79 Å². The van der Waals surface area contributed by atoms with Crippen LogP contribution in [0.2, 0.25) is 0 Å². The zero-order chi connectivity index (χ0) is 14.5. The topological polar surface area (TPSA) is 58.4 Å². The number of carbonyl (C=O) groups is 1. The smallest absolute Gasteiger partial charge is 0.220 e. The first-order valence-corrected chi connectivity index (χ1v) is 8.29. The molecule has 116 valence electrons. The molecule has 2 fully saturated rings. The Morgan fingerprint density at radius 3 is 2.70 bits per heavy atom. The van der Waals surface area contributed by atoms with Crippen LogP contribution in [-0.4, -0.2) is 43.0 Å². The summed E-state index contributed by atoms with van der Waals surface area (Å²) in [5.41, 5.74) is 5.76. The van der Waals surface area contributed by atoms with E-state index >= 15 is 0 Å². The van der Waals surface area contributed by atoms with Gasteiger partial charge in [0.1, 0.15) is 0 Å². The average Bonchev–Trinajstić information content (AvgIpc) is 3.14. The molecule has 20 heavy (non-hydrogen) atoms. The third kappa shape index (κ3) is 5.06. The maximum Gasteiger partial charge on any atom is 0.220 e. The molecule has 2 atom stereocenters. The molecule has 0 aromatic rings. The van der Waals surface area contributed by atoms with E-state index in [0.717, 1.165) is 19.0 Å². The first-order valence-electron chi connectivity index (χ1n) is 8.29. The van der Waals surface area contributed by atoms with E-state index in [4.69, 9.17) is 5.73 Å². The summed E-state index contributed by atoms with van der Waals surface area (Å²) in [4.78, 5) is 14.6. The zero-order valence-electron chi connectivity index (χ0n) is 13.1. The van der Waals surface area contributed by atoms with Crippen molar-refractivity contribution in [3.8, 4) is 0 Å². The molecule has 1 unspecified atom stereocenters. The van der Waals surface area contributed by atoms with E-state index in [9.17, 15) is 4.79 Å². The highest BCUT2D eigenvalue weighted by Gasteiger charge is 2.34. The van der Waals surface area contributed by atoms with Crippen LogP contribution in [0, 0.1) is 17.8 Å². The highest BCUT2D eigenvalue weighted by Crippen LogP contribution is 2.31. The molecule has 1 aliphatic carbocycles. The summed E-state index contributed by atoms with van der Waals surface area (Å²) in [6.45, 7) is 8.24. The minimum atomic E-state index is 0.186. The molecule has 3 N–H and O–H groups in total. The van der Waals surface area contributed by atoms with Gasteiger partial charge in [0.25, 0.3) is 0 Å². The summed E-state index contributed by atoms with van der Waals surface area (Å²) in [7, 11) is 0. The van der Waals surface area contributed by atoms with Crippen LogP contribution in [0.4, 0.5) is 0 Å². The monoisotopic (exact) mass is 281 g/mol. The lowest BCUT2D eigenvalue weighted by Gasteiger charge is -2.18. The van der Waals surface area contributed by atoms with Crippen molar-refractivity contribution >= 4 is 5.91 Å². The number of nitrogens with two attached hydrogens (primary N) is 1. The number of nitrogens with one attached hydrogen (secondary N) is 1. The maximum atomic E-state index is 12.0. The molecule has 0 radical (unpaired) electrons. The lowest BCUT2D eigenvalue weighted by molar-refractivity contribution is -0.122. The third-order valence-corrected chi connectivity index (χ3v) is 4.58. The van der Waals surface area contributed by atoms with Crippen LogP contribution < -0.4 is 11.1 Å². The summed E-state index contributed by atoms with van der Waals surface area (Å²) >= 11 is 0. The predicted octanol–water partition coefficient (Wildman–Crippen LogP) is 1.60. The molecule has 1 heterocycles. The number of rotatable bonds is 8. The van der Waals surface area contributed by atoms with Crippen molar-refractivity contribution in [3.05, 3.63) is 0 Å². The van der Waals surface area contributed by atoms with Crippen molar-refractivity contribution in [1.29, 1.82) is 0 Å². The molecule has 4 heteroatoms. The summed E-state index contributed by atoms with van der Waals surface area (Å²) in [6, 6.07) is 0.864. The number of hydrogen-bond donors (Lipinski definition) is 2. The Kier molecular flexibility index (Phi) is 5.85. The minimum absolute atomic E-state index is 0.186. The summed E-state index contributed by atoms with van der Waals surface area (Å²) in [5, 5.41) is 3.12. The third-order valence-electron chi connectivity index (χ3n) is 4.58. The second kappa shape index (κ2) is 7.41. The molecule has 2 aliphatic rings. The van der Waals surface area contributed by atoms with Crippen molar-refractivity contribution in [1.82, 2.24) is 10.2 Å². The summed E-state index contributed by atoms with van der Waals surface area (Å²) in [6.07, 6.45) is 5.64. The van der Waals surface area contributed by atoms with Gasteiger partial charge in [-0.2, -0.15) is 0 Å². The normalized spacial score (nSPS) is 25.1. The lowest BCUT2D eigenvalue weighted by Crippen LogP contribution is -2.33. The van der Waals surface area contributed by atoms with E-state index in [1.807, 2.05) is 0 Å². The van der Waals surface area contributed by atoms with Crippen molar-refractivity contribution < 1.29 is 4.79 Å². The molecule has 0 bridgehead atoms. The molecular formula is C16H31N3O. The van der Waals surface area contributed by atoms with Crippen LogP contribution >= 0.6 is 0 Å². The number of likely N-dealkylation sites (tertiary alicyclic amines) is 1. The fourth-order valence-electron chi connectivity index (χ4n) is 3.32. The quantitative estimate of drug-likeness (QED) is 0.710. The Labute approximate surface area is 123 Å². The van der Waals surface area contributed by atoms with Crippen LogP contribution in [0.25, 0.3) is 0 Å². The number of hydrogen-bond acceptors (Lipinski definition) is 3. The average molecular weight is 281 g/mol. The van der Waals surface area contributed by atoms with Crippen molar-refractivity contribution in [2.75, 3.05) is 26.2 Å². The Morgan fingerprint density at radius 2 is 2.10 bits per heavy atom. The highest BCUT2D eigenvalue weighted by atomic mass is 16.1. The maximum absolute atomic E-state index is 12.0. The van der Waals surface area contributed by atoms with Gasteiger partial charge in [-0.15, -0.1) is 0 Å². The predicted molar refractivity (Wildman–Crippen MR) is 82.3 cm³/mol. The highest BCUT2D eigenvalue weighted by molar-refractivity contribution is 5.76. The largest absolute Gasteiger partial charge is 0.356 e. The Hall–Kier alpha value is -0.610. The molecule has 1 aliphatic heterocycles. The summed E-state index contributed by atoms with van der Waals surface area (Å²) in [5.74, 6) is 1.78. The molecular weight excluding hydrogens is 250 g/mol. The van der Waals surface area contributed by atoms with E-state index < -0.39 is 0 Å². The first-order chi connectivity index (χ1) is 9.58. The van der Waals surface area contributed by atoms with Gasteiger partial charge in [0.2, 0.25) is 5.91 Å². The van der Waals surface area contributed by atoms with Gasteiger partial charge in [-0.3, -0.25) is 4.79 Å². The van der Waals surface area contributed by atoms with Gasteiger partial charge in [0.15, 0.2) is 0 Å². The molecule has 0 spiro atoms. The van der Waals surface area contributed by atoms with E-state index in [-0.39, 0.29) is 5.91 Å². The van der Waals surface area contributed by atoms with Gasteiger partial charge >= 0.3 is 0 Å². The second-order valence-electron chi connectivity index (χ2n) is 7.12. The van der Waals surface area contributed by atoms with E-state index in [1.54, 1.807) is 0 Å². The van der Waals surface area contributed by atoms with Crippen molar-refractivity contribution in [3.63, 3.8) is 0 Å². The van der Waals surface area contributed by atoms with E-state index in [2.05, 4.69) is 24.1 Å². The Morgan fingerprint density at radius 1 is 1.35 bits per heavy atom. The summed E-state index contributed by atoms with van der Waals surface area (Å²) < 4.78 is 0. The fourth-order valence-corrected chi connectivity index (χ4v) is 3.32. The zero-order valence-corrected chi connectivity index (χ0v) is 13.1. The van der Waals surface area contributed by atoms with Gasteiger partial charge in [-0.05, 0) is 56.5 Å².